The van der Waals surface area contributed by atoms with Crippen LogP contribution in [0.2, 0.25) is 0 Å². The van der Waals surface area contributed by atoms with E-state index in [4.69, 9.17) is 0 Å². The van der Waals surface area contributed by atoms with Crippen LogP contribution < -0.4 is 0 Å². The second-order valence-corrected chi connectivity index (χ2v) is 4.26. The van der Waals surface area contributed by atoms with Gasteiger partial charge in [-0.25, -0.2) is 9.79 Å². The van der Waals surface area contributed by atoms with Gasteiger partial charge in [0, 0.05) is 5.56 Å². The van der Waals surface area contributed by atoms with Crippen molar-refractivity contribution in [2.24, 2.45) is 4.99 Å². The summed E-state index contributed by atoms with van der Waals surface area (Å²) in [7, 11) is 0. The molecule has 2 rings (SSSR count). The SMILES string of the molecule is Cc1cc(O)c(CN=C=O)c2c1CCCC2. The summed E-state index contributed by atoms with van der Waals surface area (Å²) in [6, 6.07) is 1.78. The van der Waals surface area contributed by atoms with E-state index in [-0.39, 0.29) is 12.3 Å². The second-order valence-electron chi connectivity index (χ2n) is 4.26. The van der Waals surface area contributed by atoms with Crippen LogP contribution in [0.4, 0.5) is 0 Å². The first-order chi connectivity index (χ1) is 7.74. The Labute approximate surface area is 94.8 Å². The van der Waals surface area contributed by atoms with Crippen LogP contribution in [0.5, 0.6) is 5.75 Å². The van der Waals surface area contributed by atoms with Crippen LogP contribution in [0.1, 0.15) is 35.1 Å². The summed E-state index contributed by atoms with van der Waals surface area (Å²) in [5.41, 5.74) is 4.48. The summed E-state index contributed by atoms with van der Waals surface area (Å²) in [6.07, 6.45) is 5.93. The van der Waals surface area contributed by atoms with Gasteiger partial charge in [-0.3, -0.25) is 0 Å². The van der Waals surface area contributed by atoms with E-state index >= 15 is 0 Å². The Morgan fingerprint density at radius 1 is 1.38 bits per heavy atom. The molecule has 0 fully saturated rings. The molecule has 0 aliphatic heterocycles. The molecule has 16 heavy (non-hydrogen) atoms. The Hall–Kier alpha value is -1.60. The van der Waals surface area contributed by atoms with Gasteiger partial charge in [0.05, 0.1) is 6.54 Å². The largest absolute Gasteiger partial charge is 0.508 e. The summed E-state index contributed by atoms with van der Waals surface area (Å²) in [6.45, 7) is 2.27. The number of isocyanates is 1. The van der Waals surface area contributed by atoms with Crippen molar-refractivity contribution in [1.82, 2.24) is 0 Å². The third kappa shape index (κ3) is 1.86. The molecule has 3 heteroatoms. The molecule has 0 radical (unpaired) electrons. The number of rotatable bonds is 2. The van der Waals surface area contributed by atoms with Crippen molar-refractivity contribution in [2.45, 2.75) is 39.2 Å². The molecule has 1 N–H and O–H groups in total. The van der Waals surface area contributed by atoms with E-state index in [1.54, 1.807) is 6.07 Å². The summed E-state index contributed by atoms with van der Waals surface area (Å²) in [5.74, 6) is 0.261. The minimum atomic E-state index is 0.248. The smallest absolute Gasteiger partial charge is 0.235 e. The van der Waals surface area contributed by atoms with E-state index in [1.165, 1.54) is 23.6 Å². The first-order valence-corrected chi connectivity index (χ1v) is 5.61. The third-order valence-electron chi connectivity index (χ3n) is 3.27. The minimum absolute atomic E-state index is 0.248. The van der Waals surface area contributed by atoms with Crippen molar-refractivity contribution in [3.8, 4) is 5.75 Å². The molecule has 0 spiro atoms. The van der Waals surface area contributed by atoms with Crippen LogP contribution in [0.3, 0.4) is 0 Å². The van der Waals surface area contributed by atoms with E-state index in [0.29, 0.717) is 0 Å². The lowest BCUT2D eigenvalue weighted by atomic mass is 9.85. The van der Waals surface area contributed by atoms with Gasteiger partial charge in [-0.05, 0) is 55.4 Å². The third-order valence-corrected chi connectivity index (χ3v) is 3.27. The molecule has 3 nitrogen and oxygen atoms in total. The van der Waals surface area contributed by atoms with E-state index in [1.807, 2.05) is 6.92 Å². The van der Waals surface area contributed by atoms with Gasteiger partial charge in [0.25, 0.3) is 0 Å². The van der Waals surface area contributed by atoms with Crippen molar-refractivity contribution in [1.29, 1.82) is 0 Å². The van der Waals surface area contributed by atoms with Crippen molar-refractivity contribution in [2.75, 3.05) is 0 Å². The van der Waals surface area contributed by atoms with Crippen LogP contribution in [0, 0.1) is 6.92 Å². The molecule has 1 aliphatic rings. The minimum Gasteiger partial charge on any atom is -0.508 e. The number of benzene rings is 1. The highest BCUT2D eigenvalue weighted by Crippen LogP contribution is 2.33. The Balaban J connectivity index is 2.53. The second kappa shape index (κ2) is 4.50. The van der Waals surface area contributed by atoms with Gasteiger partial charge >= 0.3 is 0 Å². The van der Waals surface area contributed by atoms with Gasteiger partial charge in [-0.2, -0.15) is 0 Å². The van der Waals surface area contributed by atoms with Gasteiger partial charge in [0.2, 0.25) is 6.08 Å². The number of nitrogens with zero attached hydrogens (tertiary/aromatic N) is 1. The fourth-order valence-corrected chi connectivity index (χ4v) is 2.50. The molecule has 0 saturated heterocycles. The zero-order valence-corrected chi connectivity index (χ0v) is 9.42. The predicted molar refractivity (Wildman–Crippen MR) is 61.3 cm³/mol. The number of fused-ring (bicyclic) bond motifs is 1. The number of aromatic hydroxyl groups is 1. The number of phenols is 1. The van der Waals surface area contributed by atoms with Crippen molar-refractivity contribution in [3.63, 3.8) is 0 Å². The predicted octanol–water partition coefficient (Wildman–Crippen LogP) is 2.42. The molecule has 0 aromatic heterocycles. The maximum absolute atomic E-state index is 10.2. The van der Waals surface area contributed by atoms with Crippen molar-refractivity contribution in [3.05, 3.63) is 28.3 Å². The number of hydrogen-bond donors (Lipinski definition) is 1. The standard InChI is InChI=1S/C13H15NO2/c1-9-6-13(16)12(7-14-8-15)11-5-3-2-4-10(9)11/h6,16H,2-5,7H2,1H3. The normalized spacial score (nSPS) is 14.1. The topological polar surface area (TPSA) is 49.7 Å². The van der Waals surface area contributed by atoms with Crippen LogP contribution >= 0.6 is 0 Å². The first-order valence-electron chi connectivity index (χ1n) is 5.61. The van der Waals surface area contributed by atoms with Crippen LogP contribution in [0.15, 0.2) is 11.1 Å². The van der Waals surface area contributed by atoms with Gasteiger partial charge < -0.3 is 5.11 Å². The summed E-state index contributed by atoms with van der Waals surface area (Å²) < 4.78 is 0. The molecule has 0 amide bonds. The van der Waals surface area contributed by atoms with Gasteiger partial charge in [0.15, 0.2) is 0 Å². The zero-order chi connectivity index (χ0) is 11.5. The van der Waals surface area contributed by atoms with Gasteiger partial charge in [-0.15, -0.1) is 0 Å². The zero-order valence-electron chi connectivity index (χ0n) is 9.42. The molecule has 0 atom stereocenters. The maximum Gasteiger partial charge on any atom is 0.235 e. The molecule has 0 unspecified atom stereocenters. The fraction of sp³-hybridized carbons (Fsp3) is 0.462. The van der Waals surface area contributed by atoms with Gasteiger partial charge in [0.1, 0.15) is 5.75 Å². The summed E-state index contributed by atoms with van der Waals surface area (Å²) in [5, 5.41) is 9.88. The highest BCUT2D eigenvalue weighted by Gasteiger charge is 2.18. The lowest BCUT2D eigenvalue weighted by molar-refractivity contribution is 0.464. The Bertz CT molecular complexity index is 459. The van der Waals surface area contributed by atoms with E-state index < -0.39 is 0 Å². The first kappa shape index (κ1) is 10.9. The molecule has 1 aliphatic carbocycles. The van der Waals surface area contributed by atoms with Crippen LogP contribution in [-0.4, -0.2) is 11.2 Å². The molecule has 1 aromatic rings. The molecule has 0 bridgehead atoms. The fourth-order valence-electron chi connectivity index (χ4n) is 2.50. The number of phenolic OH excluding ortho intramolecular Hbond substituents is 1. The average molecular weight is 217 g/mol. The Kier molecular flexibility index (Phi) is 3.07. The highest BCUT2D eigenvalue weighted by atomic mass is 16.3. The lowest BCUT2D eigenvalue weighted by Gasteiger charge is -2.21. The molecule has 84 valence electrons. The maximum atomic E-state index is 10.2. The molecular weight excluding hydrogens is 202 g/mol. The monoisotopic (exact) mass is 217 g/mol. The molecule has 0 saturated carbocycles. The molecule has 1 aromatic carbocycles. The van der Waals surface area contributed by atoms with Crippen molar-refractivity contribution >= 4 is 6.08 Å². The number of aryl methyl sites for hydroxylation is 1. The average Bonchev–Trinajstić information content (AvgIpc) is 2.29. The lowest BCUT2D eigenvalue weighted by Crippen LogP contribution is -2.08. The van der Waals surface area contributed by atoms with Crippen LogP contribution in [-0.2, 0) is 24.2 Å². The number of hydrogen-bond acceptors (Lipinski definition) is 3. The highest BCUT2D eigenvalue weighted by molar-refractivity contribution is 5.50. The Morgan fingerprint density at radius 3 is 2.75 bits per heavy atom. The quantitative estimate of drug-likeness (QED) is 0.611. The van der Waals surface area contributed by atoms with Crippen LogP contribution in [0.25, 0.3) is 0 Å². The summed E-state index contributed by atoms with van der Waals surface area (Å²) in [4.78, 5) is 13.7. The van der Waals surface area contributed by atoms with E-state index in [9.17, 15) is 9.90 Å². The van der Waals surface area contributed by atoms with E-state index in [2.05, 4.69) is 4.99 Å². The van der Waals surface area contributed by atoms with Crippen molar-refractivity contribution < 1.29 is 9.90 Å². The molecular formula is C13H15NO2. The Morgan fingerprint density at radius 2 is 2.06 bits per heavy atom. The number of carbonyl (C=O) groups excluding carboxylic acids is 1. The molecule has 0 heterocycles. The summed E-state index contributed by atoms with van der Waals surface area (Å²) >= 11 is 0. The number of aliphatic imine (C=N–C) groups is 1. The van der Waals surface area contributed by atoms with Gasteiger partial charge in [-0.1, -0.05) is 0 Å². The van der Waals surface area contributed by atoms with E-state index in [0.717, 1.165) is 30.4 Å².